The number of rotatable bonds is 1. The van der Waals surface area contributed by atoms with Crippen molar-refractivity contribution < 1.29 is 0 Å². The lowest BCUT2D eigenvalue weighted by atomic mass is 10.2. The normalized spacial score (nSPS) is 10.1. The van der Waals surface area contributed by atoms with Gasteiger partial charge in [-0.2, -0.15) is 0 Å². The molecule has 0 saturated heterocycles. The molecule has 2 rings (SSSR count). The Hall–Kier alpha value is -1.61. The van der Waals surface area contributed by atoms with E-state index in [1.54, 1.807) is 18.3 Å². The quantitative estimate of drug-likeness (QED) is 0.777. The largest absolute Gasteiger partial charge is 0.319 e. The van der Waals surface area contributed by atoms with Crippen LogP contribution in [0.4, 0.5) is 0 Å². The van der Waals surface area contributed by atoms with Crippen molar-refractivity contribution in [2.45, 2.75) is 0 Å². The smallest absolute Gasteiger partial charge is 0.267 e. The fraction of sp³-hybridized carbons (Fsp3) is 0. The zero-order chi connectivity index (χ0) is 9.97. The van der Waals surface area contributed by atoms with Gasteiger partial charge in [0.05, 0.1) is 11.4 Å². The zero-order valence-electron chi connectivity index (χ0n) is 7.20. The average molecular weight is 207 g/mol. The van der Waals surface area contributed by atoms with Crippen molar-refractivity contribution in [3.8, 4) is 11.4 Å². The summed E-state index contributed by atoms with van der Waals surface area (Å²) in [6.07, 6.45) is 1.67. The predicted molar refractivity (Wildman–Crippen MR) is 55.3 cm³/mol. The van der Waals surface area contributed by atoms with Crippen LogP contribution in [0.15, 0.2) is 41.3 Å². The molecule has 0 spiro atoms. The molecular weight excluding hydrogens is 200 g/mol. The van der Waals surface area contributed by atoms with Gasteiger partial charge in [-0.3, -0.25) is 9.78 Å². The first kappa shape index (κ1) is 8.97. The van der Waals surface area contributed by atoms with Crippen molar-refractivity contribution in [1.29, 1.82) is 0 Å². The van der Waals surface area contributed by atoms with Gasteiger partial charge in [-0.1, -0.05) is 17.7 Å². The molecule has 14 heavy (non-hydrogen) atoms. The first-order valence-electron chi connectivity index (χ1n) is 4.07. The molecule has 0 bridgehead atoms. The Morgan fingerprint density at radius 1 is 1.21 bits per heavy atom. The minimum absolute atomic E-state index is 0.185. The molecule has 2 aromatic rings. The Morgan fingerprint density at radius 2 is 2.07 bits per heavy atom. The fourth-order valence-corrected chi connectivity index (χ4v) is 1.24. The summed E-state index contributed by atoms with van der Waals surface area (Å²) < 4.78 is 0. The molecule has 0 fully saturated rings. The van der Waals surface area contributed by atoms with E-state index in [1.807, 2.05) is 18.2 Å². The van der Waals surface area contributed by atoms with Gasteiger partial charge in [0.2, 0.25) is 0 Å². The number of aromatic nitrogens is 2. The van der Waals surface area contributed by atoms with Gasteiger partial charge in [0.25, 0.3) is 5.56 Å². The second-order valence-corrected chi connectivity index (χ2v) is 3.17. The molecule has 2 aromatic heterocycles. The monoisotopic (exact) mass is 206 g/mol. The van der Waals surface area contributed by atoms with E-state index < -0.39 is 0 Å². The van der Waals surface area contributed by atoms with Crippen molar-refractivity contribution in [3.63, 3.8) is 0 Å². The van der Waals surface area contributed by atoms with E-state index in [0.29, 0.717) is 5.69 Å². The highest BCUT2D eigenvalue weighted by Gasteiger charge is 2.00. The third-order valence-electron chi connectivity index (χ3n) is 1.80. The van der Waals surface area contributed by atoms with Crippen molar-refractivity contribution in [1.82, 2.24) is 9.97 Å². The summed E-state index contributed by atoms with van der Waals surface area (Å²) in [6.45, 7) is 0. The molecule has 4 heteroatoms. The molecule has 3 nitrogen and oxygen atoms in total. The number of nitrogens with one attached hydrogen (secondary N) is 1. The van der Waals surface area contributed by atoms with Crippen LogP contribution in [-0.4, -0.2) is 9.97 Å². The van der Waals surface area contributed by atoms with Gasteiger partial charge in [0, 0.05) is 6.20 Å². The SMILES string of the molecule is O=c1[nH]c(-c2ccccn2)ccc1Cl. The highest BCUT2D eigenvalue weighted by molar-refractivity contribution is 6.30. The molecule has 0 aliphatic carbocycles. The summed E-state index contributed by atoms with van der Waals surface area (Å²) in [5.41, 5.74) is 1.09. The molecule has 0 aromatic carbocycles. The Bertz CT molecular complexity index is 493. The molecule has 0 aliphatic heterocycles. The van der Waals surface area contributed by atoms with Crippen LogP contribution in [0.1, 0.15) is 0 Å². The van der Waals surface area contributed by atoms with Crippen LogP contribution < -0.4 is 5.56 Å². The van der Waals surface area contributed by atoms with Gasteiger partial charge in [0.15, 0.2) is 0 Å². The molecule has 2 heterocycles. The van der Waals surface area contributed by atoms with Gasteiger partial charge in [-0.05, 0) is 24.3 Å². The van der Waals surface area contributed by atoms with Crippen molar-refractivity contribution in [2.75, 3.05) is 0 Å². The second kappa shape index (κ2) is 3.64. The van der Waals surface area contributed by atoms with E-state index in [4.69, 9.17) is 11.6 Å². The number of nitrogens with zero attached hydrogens (tertiary/aromatic N) is 1. The minimum atomic E-state index is -0.296. The molecule has 0 atom stereocenters. The van der Waals surface area contributed by atoms with E-state index >= 15 is 0 Å². The van der Waals surface area contributed by atoms with Crippen molar-refractivity contribution in [3.05, 3.63) is 51.9 Å². The van der Waals surface area contributed by atoms with E-state index in [-0.39, 0.29) is 10.6 Å². The summed E-state index contributed by atoms with van der Waals surface area (Å²) in [6, 6.07) is 8.78. The van der Waals surface area contributed by atoms with Crippen LogP contribution in [-0.2, 0) is 0 Å². The molecule has 0 unspecified atom stereocenters. The third-order valence-corrected chi connectivity index (χ3v) is 2.10. The second-order valence-electron chi connectivity index (χ2n) is 2.76. The van der Waals surface area contributed by atoms with E-state index in [9.17, 15) is 4.79 Å². The highest BCUT2D eigenvalue weighted by atomic mass is 35.5. The summed E-state index contributed by atoms with van der Waals surface area (Å²) in [4.78, 5) is 17.9. The van der Waals surface area contributed by atoms with Gasteiger partial charge in [0.1, 0.15) is 5.02 Å². The number of aromatic amines is 1. The number of hydrogen-bond donors (Lipinski definition) is 1. The van der Waals surface area contributed by atoms with Gasteiger partial charge < -0.3 is 4.98 Å². The van der Waals surface area contributed by atoms with E-state index in [0.717, 1.165) is 5.69 Å². The van der Waals surface area contributed by atoms with Crippen molar-refractivity contribution in [2.24, 2.45) is 0 Å². The van der Waals surface area contributed by atoms with Crippen LogP contribution >= 0.6 is 11.6 Å². The lowest BCUT2D eigenvalue weighted by molar-refractivity contribution is 1.20. The minimum Gasteiger partial charge on any atom is -0.319 e. The summed E-state index contributed by atoms with van der Waals surface area (Å²) in [7, 11) is 0. The molecule has 0 amide bonds. The van der Waals surface area contributed by atoms with Crippen LogP contribution in [0.2, 0.25) is 5.02 Å². The molecule has 0 radical (unpaired) electrons. The van der Waals surface area contributed by atoms with Gasteiger partial charge >= 0.3 is 0 Å². The third kappa shape index (κ3) is 1.67. The van der Waals surface area contributed by atoms with Gasteiger partial charge in [-0.15, -0.1) is 0 Å². The molecule has 70 valence electrons. The summed E-state index contributed by atoms with van der Waals surface area (Å²) in [5, 5.41) is 0.185. The molecular formula is C10H7ClN2O. The summed E-state index contributed by atoms with van der Waals surface area (Å²) in [5.74, 6) is 0. The topological polar surface area (TPSA) is 45.8 Å². The number of pyridine rings is 2. The number of H-pyrrole nitrogens is 1. The van der Waals surface area contributed by atoms with E-state index in [1.165, 1.54) is 0 Å². The Kier molecular flexibility index (Phi) is 2.33. The predicted octanol–water partition coefficient (Wildman–Crippen LogP) is 2.09. The van der Waals surface area contributed by atoms with Crippen molar-refractivity contribution >= 4 is 11.6 Å². The average Bonchev–Trinajstić information content (AvgIpc) is 2.23. The lowest BCUT2D eigenvalue weighted by Gasteiger charge is -1.99. The van der Waals surface area contributed by atoms with Crippen LogP contribution in [0.3, 0.4) is 0 Å². The summed E-state index contributed by atoms with van der Waals surface area (Å²) >= 11 is 5.60. The Morgan fingerprint density at radius 3 is 2.71 bits per heavy atom. The maximum absolute atomic E-state index is 11.2. The van der Waals surface area contributed by atoms with Gasteiger partial charge in [-0.25, -0.2) is 0 Å². The number of hydrogen-bond acceptors (Lipinski definition) is 2. The zero-order valence-corrected chi connectivity index (χ0v) is 7.95. The first-order valence-corrected chi connectivity index (χ1v) is 4.45. The Balaban J connectivity index is 2.54. The highest BCUT2D eigenvalue weighted by Crippen LogP contribution is 2.12. The first-order chi connectivity index (χ1) is 6.77. The van der Waals surface area contributed by atoms with Crippen LogP contribution in [0.25, 0.3) is 11.4 Å². The molecule has 1 N–H and O–H groups in total. The van der Waals surface area contributed by atoms with Crippen LogP contribution in [0, 0.1) is 0 Å². The van der Waals surface area contributed by atoms with E-state index in [2.05, 4.69) is 9.97 Å². The maximum atomic E-state index is 11.2. The van der Waals surface area contributed by atoms with Crippen LogP contribution in [0.5, 0.6) is 0 Å². The fourth-order valence-electron chi connectivity index (χ4n) is 1.13. The molecule has 0 saturated carbocycles. The standard InChI is InChI=1S/C10H7ClN2O/c11-7-4-5-9(13-10(7)14)8-3-1-2-6-12-8/h1-6H,(H,13,14). The molecule has 0 aliphatic rings. The lowest BCUT2D eigenvalue weighted by Crippen LogP contribution is -2.06. The Labute approximate surface area is 85.4 Å². The maximum Gasteiger partial charge on any atom is 0.267 e. The number of halogens is 1.